The lowest BCUT2D eigenvalue weighted by molar-refractivity contribution is -0.138. The average Bonchev–Trinajstić information content (AvgIpc) is 3.10. The maximum atomic E-state index is 11.9. The van der Waals surface area contributed by atoms with E-state index in [0.717, 1.165) is 17.2 Å². The molecule has 0 atom stereocenters. The first-order valence-corrected chi connectivity index (χ1v) is 8.13. The molecule has 0 spiro atoms. The Balaban J connectivity index is 1.93. The lowest BCUT2D eigenvalue weighted by Crippen LogP contribution is -2.15. The molecule has 1 N–H and O–H groups in total. The van der Waals surface area contributed by atoms with Crippen LogP contribution in [0.25, 0.3) is 22.6 Å². The standard InChI is InChI=1S/C20H18N2O5/c1-12-5-4-6-13(9-12)19-22-15-8-7-14(10-17(15)27-19)21-16(20(24)26-3)11-18(23)25-2/h4-11,21H,1-3H3/b16-11+. The number of nitrogens with zero attached hydrogens (tertiary/aromatic N) is 1. The van der Waals surface area contributed by atoms with Crippen LogP contribution in [-0.2, 0) is 19.1 Å². The third-order valence-corrected chi connectivity index (χ3v) is 3.80. The first kappa shape index (κ1) is 18.2. The Morgan fingerprint density at radius 2 is 1.93 bits per heavy atom. The minimum absolute atomic E-state index is 0.0536. The third-order valence-electron chi connectivity index (χ3n) is 3.80. The molecular weight excluding hydrogens is 348 g/mol. The van der Waals surface area contributed by atoms with Crippen molar-refractivity contribution in [1.29, 1.82) is 0 Å². The van der Waals surface area contributed by atoms with Gasteiger partial charge in [0.2, 0.25) is 5.89 Å². The van der Waals surface area contributed by atoms with Crippen molar-refractivity contribution < 1.29 is 23.5 Å². The largest absolute Gasteiger partial charge is 0.466 e. The van der Waals surface area contributed by atoms with Gasteiger partial charge in [-0.05, 0) is 31.2 Å². The lowest BCUT2D eigenvalue weighted by Gasteiger charge is -2.08. The summed E-state index contributed by atoms with van der Waals surface area (Å²) >= 11 is 0. The number of carbonyl (C=O) groups excluding carboxylic acids is 2. The molecule has 0 fully saturated rings. The van der Waals surface area contributed by atoms with Gasteiger partial charge < -0.3 is 19.2 Å². The van der Waals surface area contributed by atoms with Gasteiger partial charge >= 0.3 is 11.9 Å². The van der Waals surface area contributed by atoms with Crippen molar-refractivity contribution in [3.63, 3.8) is 0 Å². The van der Waals surface area contributed by atoms with Gasteiger partial charge in [0.05, 0.1) is 20.3 Å². The van der Waals surface area contributed by atoms with E-state index in [4.69, 9.17) is 4.42 Å². The number of benzene rings is 2. The Morgan fingerprint density at radius 1 is 1.11 bits per heavy atom. The van der Waals surface area contributed by atoms with Crippen LogP contribution < -0.4 is 5.32 Å². The number of methoxy groups -OCH3 is 2. The van der Waals surface area contributed by atoms with Crippen molar-refractivity contribution in [2.75, 3.05) is 19.5 Å². The second-order valence-corrected chi connectivity index (χ2v) is 5.77. The summed E-state index contributed by atoms with van der Waals surface area (Å²) in [5.74, 6) is -0.868. The van der Waals surface area contributed by atoms with E-state index in [-0.39, 0.29) is 5.70 Å². The molecule has 0 radical (unpaired) electrons. The van der Waals surface area contributed by atoms with Crippen molar-refractivity contribution in [3.8, 4) is 11.5 Å². The number of aromatic nitrogens is 1. The van der Waals surface area contributed by atoms with Crippen LogP contribution in [0, 0.1) is 6.92 Å². The van der Waals surface area contributed by atoms with Crippen LogP contribution in [0.3, 0.4) is 0 Å². The van der Waals surface area contributed by atoms with Gasteiger partial charge in [-0.15, -0.1) is 0 Å². The Bertz CT molecular complexity index is 1040. The molecule has 0 unspecified atom stereocenters. The monoisotopic (exact) mass is 366 g/mol. The van der Waals surface area contributed by atoms with Crippen LogP contribution in [-0.4, -0.2) is 31.1 Å². The van der Waals surface area contributed by atoms with Crippen LogP contribution in [0.15, 0.2) is 58.7 Å². The topological polar surface area (TPSA) is 90.7 Å². The number of carbonyl (C=O) groups is 2. The lowest BCUT2D eigenvalue weighted by atomic mass is 10.1. The molecule has 3 aromatic rings. The maximum Gasteiger partial charge on any atom is 0.354 e. The SMILES string of the molecule is COC(=O)/C=C(/Nc1ccc2nc(-c3cccc(C)c3)oc2c1)C(=O)OC. The molecule has 138 valence electrons. The Kier molecular flexibility index (Phi) is 5.21. The molecule has 0 aliphatic carbocycles. The Labute approximate surface area is 155 Å². The second kappa shape index (κ2) is 7.74. The quantitative estimate of drug-likeness (QED) is 0.546. The molecule has 7 heteroatoms. The minimum atomic E-state index is -0.696. The number of fused-ring (bicyclic) bond motifs is 1. The number of nitrogens with one attached hydrogen (secondary N) is 1. The van der Waals surface area contributed by atoms with E-state index < -0.39 is 11.9 Å². The number of ether oxygens (including phenoxy) is 2. The molecule has 2 aromatic carbocycles. The van der Waals surface area contributed by atoms with E-state index in [1.165, 1.54) is 14.2 Å². The highest BCUT2D eigenvalue weighted by Crippen LogP contribution is 2.27. The smallest absolute Gasteiger partial charge is 0.354 e. The summed E-state index contributed by atoms with van der Waals surface area (Å²) in [7, 11) is 2.45. The van der Waals surface area contributed by atoms with Crippen LogP contribution >= 0.6 is 0 Å². The molecular formula is C20H18N2O5. The minimum Gasteiger partial charge on any atom is -0.466 e. The molecule has 0 saturated heterocycles. The highest BCUT2D eigenvalue weighted by molar-refractivity contribution is 5.99. The number of rotatable bonds is 5. The summed E-state index contributed by atoms with van der Waals surface area (Å²) in [6.45, 7) is 2.00. The maximum absolute atomic E-state index is 11.9. The van der Waals surface area contributed by atoms with E-state index >= 15 is 0 Å². The van der Waals surface area contributed by atoms with E-state index in [0.29, 0.717) is 22.7 Å². The van der Waals surface area contributed by atoms with Gasteiger partial charge in [-0.1, -0.05) is 17.7 Å². The normalized spacial score (nSPS) is 11.3. The molecule has 3 rings (SSSR count). The molecule has 0 saturated carbocycles. The van der Waals surface area contributed by atoms with Crippen LogP contribution in [0.5, 0.6) is 0 Å². The van der Waals surface area contributed by atoms with Crippen LogP contribution in [0.2, 0.25) is 0 Å². The first-order chi connectivity index (χ1) is 13.0. The van der Waals surface area contributed by atoms with E-state index in [2.05, 4.69) is 19.8 Å². The van der Waals surface area contributed by atoms with Gasteiger partial charge in [0, 0.05) is 17.3 Å². The molecule has 0 aliphatic rings. The summed E-state index contributed by atoms with van der Waals surface area (Å²) in [6.07, 6.45) is 1.02. The van der Waals surface area contributed by atoms with Crippen LogP contribution in [0.1, 0.15) is 5.56 Å². The van der Waals surface area contributed by atoms with E-state index in [9.17, 15) is 9.59 Å². The zero-order valence-corrected chi connectivity index (χ0v) is 15.1. The van der Waals surface area contributed by atoms with Gasteiger partial charge in [0.15, 0.2) is 5.58 Å². The van der Waals surface area contributed by atoms with Crippen molar-refractivity contribution in [1.82, 2.24) is 4.98 Å². The summed E-state index contributed by atoms with van der Waals surface area (Å²) in [5.41, 5.74) is 3.68. The van der Waals surface area contributed by atoms with Crippen molar-refractivity contribution in [2.45, 2.75) is 6.92 Å². The predicted molar refractivity (Wildman–Crippen MR) is 99.9 cm³/mol. The number of hydrogen-bond donors (Lipinski definition) is 1. The van der Waals surface area contributed by atoms with Gasteiger partial charge in [0.1, 0.15) is 11.2 Å². The molecule has 1 heterocycles. The van der Waals surface area contributed by atoms with Crippen LogP contribution in [0.4, 0.5) is 5.69 Å². The molecule has 7 nitrogen and oxygen atoms in total. The number of aryl methyl sites for hydroxylation is 1. The fourth-order valence-corrected chi connectivity index (χ4v) is 2.49. The predicted octanol–water partition coefficient (Wildman–Crippen LogP) is 3.45. The van der Waals surface area contributed by atoms with Gasteiger partial charge in [-0.25, -0.2) is 14.6 Å². The molecule has 27 heavy (non-hydrogen) atoms. The molecule has 0 aliphatic heterocycles. The van der Waals surface area contributed by atoms with Gasteiger partial charge in [-0.3, -0.25) is 0 Å². The zero-order valence-electron chi connectivity index (χ0n) is 15.1. The summed E-state index contributed by atoms with van der Waals surface area (Å²) in [4.78, 5) is 27.8. The highest BCUT2D eigenvalue weighted by Gasteiger charge is 2.14. The molecule has 1 aromatic heterocycles. The summed E-state index contributed by atoms with van der Waals surface area (Å²) in [5, 5.41) is 2.84. The number of oxazole rings is 1. The Morgan fingerprint density at radius 3 is 2.63 bits per heavy atom. The van der Waals surface area contributed by atoms with Crippen molar-refractivity contribution >= 4 is 28.7 Å². The molecule has 0 bridgehead atoms. The third kappa shape index (κ3) is 4.14. The fraction of sp³-hybridized carbons (Fsp3) is 0.150. The highest BCUT2D eigenvalue weighted by atomic mass is 16.5. The number of anilines is 1. The molecule has 0 amide bonds. The average molecular weight is 366 g/mol. The van der Waals surface area contributed by atoms with E-state index in [1.54, 1.807) is 18.2 Å². The summed E-state index contributed by atoms with van der Waals surface area (Å²) < 4.78 is 15.1. The number of esters is 2. The van der Waals surface area contributed by atoms with Gasteiger partial charge in [-0.2, -0.15) is 0 Å². The second-order valence-electron chi connectivity index (χ2n) is 5.77. The fourth-order valence-electron chi connectivity index (χ4n) is 2.49. The zero-order chi connectivity index (χ0) is 19.4. The van der Waals surface area contributed by atoms with Gasteiger partial charge in [0.25, 0.3) is 0 Å². The summed E-state index contributed by atoms with van der Waals surface area (Å²) in [6, 6.07) is 13.0. The van der Waals surface area contributed by atoms with Crippen molar-refractivity contribution in [3.05, 3.63) is 59.8 Å². The van der Waals surface area contributed by atoms with Crippen molar-refractivity contribution in [2.24, 2.45) is 0 Å². The number of hydrogen-bond acceptors (Lipinski definition) is 7. The van der Waals surface area contributed by atoms with E-state index in [1.807, 2.05) is 31.2 Å². The Hall–Kier alpha value is -3.61. The first-order valence-electron chi connectivity index (χ1n) is 8.13.